The molecular weight excluding hydrogens is 234 g/mol. The summed E-state index contributed by atoms with van der Waals surface area (Å²) in [6.07, 6.45) is 8.67. The molecule has 2 saturated heterocycles. The van der Waals surface area contributed by atoms with E-state index in [1.54, 1.807) is 0 Å². The average Bonchev–Trinajstić information content (AvgIpc) is 2.58. The van der Waals surface area contributed by atoms with Crippen LogP contribution in [0.3, 0.4) is 0 Å². The predicted octanol–water partition coefficient (Wildman–Crippen LogP) is 2.64. The molecule has 2 aliphatic rings. The smallest absolute Gasteiger partial charge is 0.128 e. The van der Waals surface area contributed by atoms with Crippen LogP contribution in [0.1, 0.15) is 58.3 Å². The van der Waals surface area contributed by atoms with Crippen LogP contribution in [0.25, 0.3) is 0 Å². The fourth-order valence-corrected chi connectivity index (χ4v) is 2.92. The Morgan fingerprint density at radius 2 is 1.88 bits per heavy atom. The van der Waals surface area contributed by atoms with Gasteiger partial charge in [-0.3, -0.25) is 0 Å². The van der Waals surface area contributed by atoms with Crippen LogP contribution in [-0.4, -0.2) is 22.8 Å². The third kappa shape index (κ3) is 4.17. The molecule has 0 amide bonds. The van der Waals surface area contributed by atoms with Crippen molar-refractivity contribution < 1.29 is 5.11 Å². The number of hydrogen-bond acceptors (Lipinski definition) is 2. The Hall–Kier alpha value is -0.230. The van der Waals surface area contributed by atoms with E-state index in [1.165, 1.54) is 32.1 Å². The van der Waals surface area contributed by atoms with E-state index in [2.05, 4.69) is 24.1 Å². The Labute approximate surface area is 111 Å². The van der Waals surface area contributed by atoms with Crippen LogP contribution in [0.5, 0.6) is 0 Å². The number of aliphatic hydroxyl groups is 1. The molecule has 2 heterocycles. The molecule has 2 aliphatic heterocycles. The summed E-state index contributed by atoms with van der Waals surface area (Å²) >= 11 is 0. The van der Waals surface area contributed by atoms with Crippen molar-refractivity contribution in [2.24, 2.45) is 0 Å². The lowest BCUT2D eigenvalue weighted by molar-refractivity contribution is 0.0479. The van der Waals surface area contributed by atoms with Crippen molar-refractivity contribution in [2.45, 2.75) is 76.0 Å². The SMILES string of the molecule is CCCCCC#CC1(O)CC2CCC(C1)N2.Cl. The van der Waals surface area contributed by atoms with Crippen LogP contribution < -0.4 is 5.32 Å². The molecule has 2 unspecified atom stereocenters. The summed E-state index contributed by atoms with van der Waals surface area (Å²) in [7, 11) is 0. The number of fused-ring (bicyclic) bond motifs is 2. The number of halogens is 1. The second-order valence-corrected chi connectivity index (χ2v) is 5.34. The Morgan fingerprint density at radius 1 is 1.24 bits per heavy atom. The molecule has 2 atom stereocenters. The fourth-order valence-electron chi connectivity index (χ4n) is 2.92. The van der Waals surface area contributed by atoms with Gasteiger partial charge < -0.3 is 10.4 Å². The van der Waals surface area contributed by atoms with Gasteiger partial charge in [-0.2, -0.15) is 0 Å². The number of hydrogen-bond donors (Lipinski definition) is 2. The molecule has 2 bridgehead atoms. The largest absolute Gasteiger partial charge is 0.377 e. The summed E-state index contributed by atoms with van der Waals surface area (Å²) < 4.78 is 0. The van der Waals surface area contributed by atoms with Gasteiger partial charge in [0.15, 0.2) is 0 Å². The van der Waals surface area contributed by atoms with E-state index in [0.29, 0.717) is 12.1 Å². The van der Waals surface area contributed by atoms with Crippen LogP contribution in [0, 0.1) is 11.8 Å². The highest BCUT2D eigenvalue weighted by Gasteiger charge is 2.41. The average molecular weight is 258 g/mol. The Morgan fingerprint density at radius 3 is 2.47 bits per heavy atom. The van der Waals surface area contributed by atoms with Gasteiger partial charge in [-0.15, -0.1) is 18.3 Å². The molecule has 0 aromatic rings. The maximum Gasteiger partial charge on any atom is 0.128 e. The maximum atomic E-state index is 10.4. The van der Waals surface area contributed by atoms with E-state index in [0.717, 1.165) is 19.3 Å². The van der Waals surface area contributed by atoms with Gasteiger partial charge in [0.25, 0.3) is 0 Å². The van der Waals surface area contributed by atoms with Crippen molar-refractivity contribution in [2.75, 3.05) is 0 Å². The first-order valence-corrected chi connectivity index (χ1v) is 6.70. The summed E-state index contributed by atoms with van der Waals surface area (Å²) in [5.74, 6) is 6.29. The van der Waals surface area contributed by atoms with E-state index in [9.17, 15) is 5.11 Å². The maximum absolute atomic E-state index is 10.4. The minimum atomic E-state index is -0.691. The van der Waals surface area contributed by atoms with Gasteiger partial charge in [0.2, 0.25) is 0 Å². The Bertz CT molecular complexity index is 282. The van der Waals surface area contributed by atoms with Crippen LogP contribution in [0.15, 0.2) is 0 Å². The number of piperidine rings is 1. The van der Waals surface area contributed by atoms with Crippen LogP contribution in [0.4, 0.5) is 0 Å². The molecular formula is C14H24ClNO. The van der Waals surface area contributed by atoms with Gasteiger partial charge in [-0.1, -0.05) is 25.7 Å². The minimum Gasteiger partial charge on any atom is -0.377 e. The second-order valence-electron chi connectivity index (χ2n) is 5.34. The first-order chi connectivity index (χ1) is 7.72. The first-order valence-electron chi connectivity index (χ1n) is 6.70. The Kier molecular flexibility index (Phi) is 5.79. The summed E-state index contributed by atoms with van der Waals surface area (Å²) in [6, 6.07) is 1.02. The van der Waals surface area contributed by atoms with Crippen molar-refractivity contribution in [1.29, 1.82) is 0 Å². The topological polar surface area (TPSA) is 32.3 Å². The molecule has 0 aromatic heterocycles. The molecule has 2 N–H and O–H groups in total. The summed E-state index contributed by atoms with van der Waals surface area (Å²) in [6.45, 7) is 2.20. The highest BCUT2D eigenvalue weighted by Crippen LogP contribution is 2.33. The zero-order chi connectivity index (χ0) is 11.4. The molecule has 0 radical (unpaired) electrons. The number of unbranched alkanes of at least 4 members (excludes halogenated alkanes) is 3. The lowest BCUT2D eigenvalue weighted by Gasteiger charge is -2.33. The van der Waals surface area contributed by atoms with Crippen molar-refractivity contribution in [3.63, 3.8) is 0 Å². The lowest BCUT2D eigenvalue weighted by Crippen LogP contribution is -2.47. The van der Waals surface area contributed by atoms with Gasteiger partial charge in [0.1, 0.15) is 5.60 Å². The molecule has 98 valence electrons. The predicted molar refractivity (Wildman–Crippen MR) is 73.3 cm³/mol. The normalized spacial score (nSPS) is 34.7. The van der Waals surface area contributed by atoms with Crippen LogP contribution in [0.2, 0.25) is 0 Å². The molecule has 3 heteroatoms. The zero-order valence-corrected chi connectivity index (χ0v) is 11.5. The number of nitrogens with one attached hydrogen (secondary N) is 1. The number of rotatable bonds is 3. The van der Waals surface area contributed by atoms with E-state index >= 15 is 0 Å². The Balaban J connectivity index is 0.00000144. The summed E-state index contributed by atoms with van der Waals surface area (Å²) in [4.78, 5) is 0. The summed E-state index contributed by atoms with van der Waals surface area (Å²) in [5.41, 5.74) is -0.691. The first kappa shape index (κ1) is 14.8. The minimum absolute atomic E-state index is 0. The molecule has 2 rings (SSSR count). The van der Waals surface area contributed by atoms with Gasteiger partial charge in [0, 0.05) is 31.3 Å². The fraction of sp³-hybridized carbons (Fsp3) is 0.857. The molecule has 2 nitrogen and oxygen atoms in total. The van der Waals surface area contributed by atoms with Gasteiger partial charge in [-0.25, -0.2) is 0 Å². The summed E-state index contributed by atoms with van der Waals surface area (Å²) in [5, 5.41) is 13.9. The van der Waals surface area contributed by atoms with Gasteiger partial charge in [0.05, 0.1) is 0 Å². The highest BCUT2D eigenvalue weighted by molar-refractivity contribution is 5.85. The van der Waals surface area contributed by atoms with Crippen molar-refractivity contribution in [3.8, 4) is 11.8 Å². The third-order valence-corrected chi connectivity index (χ3v) is 3.73. The zero-order valence-electron chi connectivity index (χ0n) is 10.7. The molecule has 0 saturated carbocycles. The second kappa shape index (κ2) is 6.64. The van der Waals surface area contributed by atoms with Crippen molar-refractivity contribution in [3.05, 3.63) is 0 Å². The molecule has 0 spiro atoms. The third-order valence-electron chi connectivity index (χ3n) is 3.73. The van der Waals surface area contributed by atoms with E-state index in [4.69, 9.17) is 0 Å². The monoisotopic (exact) mass is 257 g/mol. The van der Waals surface area contributed by atoms with Crippen LogP contribution in [-0.2, 0) is 0 Å². The molecule has 0 aromatic carbocycles. The van der Waals surface area contributed by atoms with Crippen molar-refractivity contribution >= 4 is 12.4 Å². The van der Waals surface area contributed by atoms with Crippen molar-refractivity contribution in [1.82, 2.24) is 5.32 Å². The standard InChI is InChI=1S/C14H23NO.ClH/c1-2-3-4-5-6-9-14(16)10-12-7-8-13(11-14)15-12;/h12-13,15-16H,2-5,7-8,10-11H2,1H3;1H. The molecule has 2 fully saturated rings. The highest BCUT2D eigenvalue weighted by atomic mass is 35.5. The molecule has 0 aliphatic carbocycles. The quantitative estimate of drug-likeness (QED) is 0.602. The van der Waals surface area contributed by atoms with Gasteiger partial charge >= 0.3 is 0 Å². The van der Waals surface area contributed by atoms with E-state index in [1.807, 2.05) is 0 Å². The van der Waals surface area contributed by atoms with Crippen LogP contribution >= 0.6 is 12.4 Å². The van der Waals surface area contributed by atoms with E-state index < -0.39 is 5.60 Å². The lowest BCUT2D eigenvalue weighted by atomic mass is 9.88. The molecule has 17 heavy (non-hydrogen) atoms. The van der Waals surface area contributed by atoms with Gasteiger partial charge in [-0.05, 0) is 19.3 Å². The van der Waals surface area contributed by atoms with E-state index in [-0.39, 0.29) is 12.4 Å².